The van der Waals surface area contributed by atoms with Crippen molar-refractivity contribution in [1.82, 2.24) is 29.7 Å². The lowest BCUT2D eigenvalue weighted by Crippen LogP contribution is -2.42. The summed E-state index contributed by atoms with van der Waals surface area (Å²) >= 11 is 0. The molecule has 254 valence electrons. The smallest absolute Gasteiger partial charge is 0.343 e. The Hall–Kier alpha value is -6.99. The minimum absolute atomic E-state index is 0.00353. The van der Waals surface area contributed by atoms with Crippen LogP contribution >= 0.6 is 0 Å². The molecule has 1 amide bonds. The summed E-state index contributed by atoms with van der Waals surface area (Å²) in [5.41, 5.74) is -4.40. The number of benzene rings is 1. The number of ether oxygens (including phenoxy) is 1. The summed E-state index contributed by atoms with van der Waals surface area (Å²) in [7, 11) is 0. The van der Waals surface area contributed by atoms with Crippen molar-refractivity contribution in [3.63, 3.8) is 0 Å². The highest BCUT2D eigenvalue weighted by Crippen LogP contribution is 2.36. The molecule has 49 heavy (non-hydrogen) atoms. The van der Waals surface area contributed by atoms with Crippen LogP contribution in [0.1, 0.15) is 34.6 Å². The Morgan fingerprint density at radius 3 is 2.49 bits per heavy atom. The molecule has 20 heteroatoms. The summed E-state index contributed by atoms with van der Waals surface area (Å²) in [6, 6.07) is 0.358. The zero-order chi connectivity index (χ0) is 35.7. The van der Waals surface area contributed by atoms with Crippen LogP contribution in [0.4, 0.5) is 0 Å². The second-order valence-electron chi connectivity index (χ2n) is 10.6. The number of aromatic nitrogens is 5. The number of esters is 1. The highest BCUT2D eigenvalue weighted by molar-refractivity contribution is 6.07. The number of rotatable bonds is 11. The monoisotopic (exact) mass is 680 g/mol. The van der Waals surface area contributed by atoms with Gasteiger partial charge >= 0.3 is 17.9 Å². The molecule has 5 aromatic rings. The van der Waals surface area contributed by atoms with Crippen LogP contribution in [-0.2, 0) is 32.3 Å². The fraction of sp³-hybridized carbons (Fsp3) is 0.207. The molecular weight excluding hydrogens is 656 g/mol. The number of aliphatic carboxylic acids is 2. The van der Waals surface area contributed by atoms with E-state index >= 15 is 0 Å². The Balaban J connectivity index is 1.42. The first-order valence-electron chi connectivity index (χ1n) is 13.9. The van der Waals surface area contributed by atoms with Crippen molar-refractivity contribution in [3.8, 4) is 28.4 Å². The summed E-state index contributed by atoms with van der Waals surface area (Å²) in [5.74, 6) is -7.51. The SMILES string of the molecule is Cc1[nH]c2cc(=O)c(O)cn2c(=O)c1-c1coc2cc(O)c(O)c(C(=O)OCc3cn(CC(=O)NC(CCC(=O)O)C(=O)O)nn3)c2c1=O. The van der Waals surface area contributed by atoms with Crippen molar-refractivity contribution in [1.29, 1.82) is 0 Å². The van der Waals surface area contributed by atoms with Gasteiger partial charge in [0.05, 0.1) is 28.9 Å². The fourth-order valence-corrected chi connectivity index (χ4v) is 4.88. The average molecular weight is 681 g/mol. The van der Waals surface area contributed by atoms with E-state index in [9.17, 15) is 54.0 Å². The highest BCUT2D eigenvalue weighted by atomic mass is 16.5. The summed E-state index contributed by atoms with van der Waals surface area (Å²) < 4.78 is 12.5. The van der Waals surface area contributed by atoms with Crippen LogP contribution in [0.25, 0.3) is 27.7 Å². The summed E-state index contributed by atoms with van der Waals surface area (Å²) in [6.07, 6.45) is 2.04. The quantitative estimate of drug-likeness (QED) is 0.0687. The number of amides is 1. The Kier molecular flexibility index (Phi) is 8.87. The number of carboxylic acids is 2. The Bertz CT molecular complexity index is 2370. The van der Waals surface area contributed by atoms with E-state index < -0.39 is 94.0 Å². The molecule has 0 aliphatic carbocycles. The van der Waals surface area contributed by atoms with E-state index in [-0.39, 0.29) is 40.2 Å². The van der Waals surface area contributed by atoms with Gasteiger partial charge in [-0.25, -0.2) is 14.3 Å². The van der Waals surface area contributed by atoms with Crippen LogP contribution < -0.4 is 21.7 Å². The first-order chi connectivity index (χ1) is 23.2. The van der Waals surface area contributed by atoms with Crippen LogP contribution in [0, 0.1) is 6.92 Å². The molecule has 4 aromatic heterocycles. The van der Waals surface area contributed by atoms with Gasteiger partial charge in [0.15, 0.2) is 17.2 Å². The van der Waals surface area contributed by atoms with Crippen molar-refractivity contribution in [2.45, 2.75) is 39.0 Å². The molecule has 0 saturated carbocycles. The topological polar surface area (TPSA) is 306 Å². The van der Waals surface area contributed by atoms with Crippen LogP contribution in [-0.4, -0.2) is 79.8 Å². The van der Waals surface area contributed by atoms with Crippen molar-refractivity contribution >= 4 is 40.4 Å². The van der Waals surface area contributed by atoms with Gasteiger partial charge in [-0.15, -0.1) is 5.10 Å². The van der Waals surface area contributed by atoms with E-state index in [4.69, 9.17) is 14.3 Å². The lowest BCUT2D eigenvalue weighted by Gasteiger charge is -2.13. The molecule has 20 nitrogen and oxygen atoms in total. The number of fused-ring (bicyclic) bond motifs is 2. The molecule has 0 radical (unpaired) electrons. The number of nitrogens with zero attached hydrogens (tertiary/aromatic N) is 4. The number of aryl methyl sites for hydroxylation is 1. The first kappa shape index (κ1) is 33.4. The molecule has 5 rings (SSSR count). The third-order valence-corrected chi connectivity index (χ3v) is 7.17. The van der Waals surface area contributed by atoms with Crippen molar-refractivity contribution in [3.05, 3.63) is 78.5 Å². The number of carbonyl (C=O) groups excluding carboxylic acids is 2. The van der Waals surface area contributed by atoms with E-state index in [1.807, 2.05) is 0 Å². The molecule has 0 fully saturated rings. The molecule has 1 atom stereocenters. The van der Waals surface area contributed by atoms with Gasteiger partial charge in [-0.3, -0.25) is 28.4 Å². The van der Waals surface area contributed by atoms with Crippen LogP contribution in [0.3, 0.4) is 0 Å². The molecule has 0 saturated heterocycles. The number of phenolic OH excluding ortho intramolecular Hbond substituents is 2. The fourth-order valence-electron chi connectivity index (χ4n) is 4.88. The molecular formula is C29H24N6O14. The number of hydrogen-bond acceptors (Lipinski definition) is 14. The Morgan fingerprint density at radius 2 is 1.80 bits per heavy atom. The molecule has 0 aliphatic rings. The first-order valence-corrected chi connectivity index (χ1v) is 13.9. The Morgan fingerprint density at radius 1 is 1.06 bits per heavy atom. The maximum atomic E-state index is 13.8. The van der Waals surface area contributed by atoms with Gasteiger partial charge < -0.3 is 45.0 Å². The van der Waals surface area contributed by atoms with Crippen LogP contribution in [0.5, 0.6) is 17.2 Å². The second kappa shape index (κ2) is 13.0. The van der Waals surface area contributed by atoms with Crippen molar-refractivity contribution < 1.29 is 53.9 Å². The minimum atomic E-state index is -1.47. The summed E-state index contributed by atoms with van der Waals surface area (Å²) in [6.45, 7) is 0.245. The molecule has 1 unspecified atom stereocenters. The van der Waals surface area contributed by atoms with Gasteiger partial charge in [0, 0.05) is 24.2 Å². The standard InChI is InChI=1S/C29H24N6O14/c1-11-22(27(44)35-7-17(38)15(36)5-19(35)30-11)13-10-48-18-4-16(37)26(43)24(23(18)25(13)42)29(47)49-9-12-6-34(33-32-12)8-20(39)31-14(28(45)46)2-3-21(40)41/h4-7,10,14,30,37-38,43H,2-3,8-9H2,1H3,(H,31,39)(H,40,41)(H,45,46). The van der Waals surface area contributed by atoms with Gasteiger partial charge in [0.25, 0.3) is 5.56 Å². The number of nitrogens with one attached hydrogen (secondary N) is 2. The van der Waals surface area contributed by atoms with E-state index in [1.54, 1.807) is 0 Å². The maximum absolute atomic E-state index is 13.8. The number of carbonyl (C=O) groups is 4. The van der Waals surface area contributed by atoms with E-state index in [0.717, 1.165) is 39.9 Å². The van der Waals surface area contributed by atoms with E-state index in [1.165, 1.54) is 6.92 Å². The average Bonchev–Trinajstić information content (AvgIpc) is 3.47. The van der Waals surface area contributed by atoms with Gasteiger partial charge in [-0.05, 0) is 13.3 Å². The van der Waals surface area contributed by atoms with E-state index in [0.29, 0.717) is 0 Å². The van der Waals surface area contributed by atoms with Gasteiger partial charge in [-0.2, -0.15) is 0 Å². The second-order valence-corrected chi connectivity index (χ2v) is 10.6. The maximum Gasteiger partial charge on any atom is 0.343 e. The predicted molar refractivity (Wildman–Crippen MR) is 161 cm³/mol. The highest BCUT2D eigenvalue weighted by Gasteiger charge is 2.27. The van der Waals surface area contributed by atoms with Gasteiger partial charge in [0.2, 0.25) is 16.8 Å². The number of carboxylic acid groups (broad SMARTS) is 2. The van der Waals surface area contributed by atoms with Crippen molar-refractivity contribution in [2.24, 2.45) is 0 Å². The summed E-state index contributed by atoms with van der Waals surface area (Å²) in [5, 5.41) is 57.7. The number of phenols is 2. The number of aromatic hydroxyl groups is 3. The molecule has 4 heterocycles. The largest absolute Gasteiger partial charge is 0.504 e. The molecule has 0 aliphatic heterocycles. The normalized spacial score (nSPS) is 11.8. The molecule has 0 spiro atoms. The Labute approximate surface area is 270 Å². The van der Waals surface area contributed by atoms with E-state index in [2.05, 4.69) is 20.6 Å². The number of aromatic amines is 1. The molecule has 7 N–H and O–H groups in total. The van der Waals surface area contributed by atoms with Gasteiger partial charge in [-0.1, -0.05) is 5.21 Å². The predicted octanol–water partition coefficient (Wildman–Crippen LogP) is -0.431. The zero-order valence-corrected chi connectivity index (χ0v) is 25.0. The van der Waals surface area contributed by atoms with Gasteiger partial charge in [0.1, 0.15) is 47.9 Å². The lowest BCUT2D eigenvalue weighted by molar-refractivity contribution is -0.143. The third-order valence-electron chi connectivity index (χ3n) is 7.17. The number of H-pyrrole nitrogens is 1. The minimum Gasteiger partial charge on any atom is -0.504 e. The van der Waals surface area contributed by atoms with Crippen LogP contribution in [0.2, 0.25) is 0 Å². The lowest BCUT2D eigenvalue weighted by atomic mass is 10.0. The number of hydrogen-bond donors (Lipinski definition) is 7. The summed E-state index contributed by atoms with van der Waals surface area (Å²) in [4.78, 5) is 89.4. The van der Waals surface area contributed by atoms with Crippen molar-refractivity contribution in [2.75, 3.05) is 0 Å². The molecule has 0 bridgehead atoms. The van der Waals surface area contributed by atoms with Crippen LogP contribution in [0.15, 0.2) is 49.6 Å². The number of pyridine rings is 1. The zero-order valence-electron chi connectivity index (χ0n) is 25.0. The molecule has 1 aromatic carbocycles. The third kappa shape index (κ3) is 6.63.